The Hall–Kier alpha value is -2.94. The molecule has 0 radical (unpaired) electrons. The van der Waals surface area contributed by atoms with Crippen LogP contribution in [0, 0.1) is 0 Å². The van der Waals surface area contributed by atoms with Crippen LogP contribution in [-0.2, 0) is 15.9 Å². The summed E-state index contributed by atoms with van der Waals surface area (Å²) in [6, 6.07) is 30.7. The van der Waals surface area contributed by atoms with Gasteiger partial charge in [0.15, 0.2) is 6.29 Å². The van der Waals surface area contributed by atoms with Crippen LogP contribution in [0.25, 0.3) is 12.2 Å². The van der Waals surface area contributed by atoms with Crippen LogP contribution in [0.4, 0.5) is 0 Å². The first-order valence-electron chi connectivity index (χ1n) is 9.60. The molecule has 0 aliphatic heterocycles. The molecule has 2 nitrogen and oxygen atoms in total. The molecular formula is C26H26O2. The van der Waals surface area contributed by atoms with E-state index >= 15 is 0 Å². The molecule has 0 N–H and O–H groups in total. The van der Waals surface area contributed by atoms with E-state index in [0.717, 1.165) is 17.5 Å². The molecule has 28 heavy (non-hydrogen) atoms. The van der Waals surface area contributed by atoms with E-state index in [2.05, 4.69) is 48.6 Å². The van der Waals surface area contributed by atoms with Gasteiger partial charge in [0.05, 0.1) is 13.2 Å². The molecule has 0 spiro atoms. The van der Waals surface area contributed by atoms with Gasteiger partial charge in [-0.1, -0.05) is 115 Å². The summed E-state index contributed by atoms with van der Waals surface area (Å²) < 4.78 is 12.0. The zero-order valence-electron chi connectivity index (χ0n) is 16.0. The lowest BCUT2D eigenvalue weighted by molar-refractivity contribution is -0.125. The van der Waals surface area contributed by atoms with Gasteiger partial charge in [-0.25, -0.2) is 0 Å². The van der Waals surface area contributed by atoms with Crippen molar-refractivity contribution in [1.29, 1.82) is 0 Å². The Bertz CT molecular complexity index is 786. The standard InChI is InChI=1S/C26H26O2/c1-4-12-23(13-5-1)18-10-20-27-26(22-25-16-8-3-9-17-25)28-21-11-19-24-14-6-2-7-15-24/h1-19,26H,20-22H2/b18-10+,19-11+. The molecule has 0 saturated heterocycles. The summed E-state index contributed by atoms with van der Waals surface area (Å²) >= 11 is 0. The van der Waals surface area contributed by atoms with E-state index in [-0.39, 0.29) is 6.29 Å². The third kappa shape index (κ3) is 7.36. The third-order valence-electron chi connectivity index (χ3n) is 4.22. The van der Waals surface area contributed by atoms with E-state index in [1.807, 2.05) is 66.7 Å². The zero-order valence-corrected chi connectivity index (χ0v) is 16.0. The van der Waals surface area contributed by atoms with E-state index < -0.39 is 0 Å². The van der Waals surface area contributed by atoms with Crippen LogP contribution in [0.2, 0.25) is 0 Å². The van der Waals surface area contributed by atoms with Crippen molar-refractivity contribution in [3.05, 3.63) is 120 Å². The monoisotopic (exact) mass is 370 g/mol. The number of rotatable bonds is 10. The summed E-state index contributed by atoms with van der Waals surface area (Å²) in [5.41, 5.74) is 3.53. The normalized spacial score (nSPS) is 11.6. The number of hydrogen-bond donors (Lipinski definition) is 0. The van der Waals surface area contributed by atoms with Crippen LogP contribution in [0.3, 0.4) is 0 Å². The summed E-state index contributed by atoms with van der Waals surface area (Å²) in [4.78, 5) is 0. The second kappa shape index (κ2) is 11.7. The average Bonchev–Trinajstić information content (AvgIpc) is 2.76. The topological polar surface area (TPSA) is 18.5 Å². The second-order valence-electron chi connectivity index (χ2n) is 6.41. The molecule has 0 aromatic heterocycles. The Morgan fingerprint density at radius 2 is 1.00 bits per heavy atom. The molecule has 3 aromatic rings. The van der Waals surface area contributed by atoms with E-state index in [1.165, 1.54) is 5.56 Å². The molecule has 142 valence electrons. The van der Waals surface area contributed by atoms with Crippen molar-refractivity contribution >= 4 is 12.2 Å². The van der Waals surface area contributed by atoms with Gasteiger partial charge in [-0.15, -0.1) is 0 Å². The molecule has 0 aliphatic carbocycles. The highest BCUT2D eigenvalue weighted by Gasteiger charge is 2.09. The molecule has 0 amide bonds. The molecular weight excluding hydrogens is 344 g/mol. The Balaban J connectivity index is 1.52. The SMILES string of the molecule is C(=C\c1ccccc1)/COC(Cc1ccccc1)OC/C=C/c1ccccc1. The summed E-state index contributed by atoms with van der Waals surface area (Å²) in [5, 5.41) is 0. The Labute approximate surface area is 167 Å². The third-order valence-corrected chi connectivity index (χ3v) is 4.22. The van der Waals surface area contributed by atoms with E-state index in [0.29, 0.717) is 13.2 Å². The second-order valence-corrected chi connectivity index (χ2v) is 6.41. The molecule has 0 aliphatic rings. The van der Waals surface area contributed by atoms with E-state index in [1.54, 1.807) is 0 Å². The summed E-state index contributed by atoms with van der Waals surface area (Å²) in [6.07, 6.45) is 8.61. The quantitative estimate of drug-likeness (QED) is 0.407. The molecule has 0 atom stereocenters. The summed E-state index contributed by atoms with van der Waals surface area (Å²) in [7, 11) is 0. The molecule has 0 fully saturated rings. The van der Waals surface area contributed by atoms with Crippen LogP contribution in [0.1, 0.15) is 16.7 Å². The number of benzene rings is 3. The Morgan fingerprint density at radius 3 is 1.46 bits per heavy atom. The molecule has 0 bridgehead atoms. The van der Waals surface area contributed by atoms with Crippen LogP contribution < -0.4 is 0 Å². The highest BCUT2D eigenvalue weighted by molar-refractivity contribution is 5.49. The van der Waals surface area contributed by atoms with Crippen molar-refractivity contribution < 1.29 is 9.47 Å². The van der Waals surface area contributed by atoms with Gasteiger partial charge >= 0.3 is 0 Å². The minimum atomic E-state index is -0.289. The van der Waals surface area contributed by atoms with Gasteiger partial charge in [-0.3, -0.25) is 0 Å². The van der Waals surface area contributed by atoms with Crippen LogP contribution in [-0.4, -0.2) is 19.5 Å². The van der Waals surface area contributed by atoms with Crippen molar-refractivity contribution in [3.8, 4) is 0 Å². The number of ether oxygens (including phenoxy) is 2. The predicted octanol–water partition coefficient (Wildman–Crippen LogP) is 6.02. The van der Waals surface area contributed by atoms with Gasteiger partial charge in [-0.2, -0.15) is 0 Å². The Kier molecular flexibility index (Phi) is 8.28. The fraction of sp³-hybridized carbons (Fsp3) is 0.154. The zero-order chi connectivity index (χ0) is 19.3. The first-order chi connectivity index (χ1) is 13.9. The number of hydrogen-bond acceptors (Lipinski definition) is 2. The van der Waals surface area contributed by atoms with Crippen molar-refractivity contribution in [2.24, 2.45) is 0 Å². The van der Waals surface area contributed by atoms with Crippen molar-refractivity contribution in [1.82, 2.24) is 0 Å². The van der Waals surface area contributed by atoms with Gasteiger partial charge in [-0.05, 0) is 16.7 Å². The van der Waals surface area contributed by atoms with Gasteiger partial charge in [0, 0.05) is 6.42 Å². The fourth-order valence-corrected chi connectivity index (χ4v) is 2.79. The van der Waals surface area contributed by atoms with Crippen molar-refractivity contribution in [2.45, 2.75) is 12.7 Å². The van der Waals surface area contributed by atoms with Gasteiger partial charge in [0.25, 0.3) is 0 Å². The van der Waals surface area contributed by atoms with Crippen LogP contribution >= 0.6 is 0 Å². The lowest BCUT2D eigenvalue weighted by Gasteiger charge is -2.17. The van der Waals surface area contributed by atoms with Gasteiger partial charge in [0.2, 0.25) is 0 Å². The minimum Gasteiger partial charge on any atom is -0.348 e. The van der Waals surface area contributed by atoms with Crippen molar-refractivity contribution in [2.75, 3.05) is 13.2 Å². The molecule has 0 saturated carbocycles. The van der Waals surface area contributed by atoms with Crippen molar-refractivity contribution in [3.63, 3.8) is 0 Å². The molecule has 3 rings (SSSR count). The smallest absolute Gasteiger partial charge is 0.162 e. The first-order valence-corrected chi connectivity index (χ1v) is 9.60. The van der Waals surface area contributed by atoms with E-state index in [4.69, 9.17) is 9.47 Å². The highest BCUT2D eigenvalue weighted by atomic mass is 16.7. The highest BCUT2D eigenvalue weighted by Crippen LogP contribution is 2.09. The summed E-state index contributed by atoms with van der Waals surface area (Å²) in [5.74, 6) is 0. The lowest BCUT2D eigenvalue weighted by atomic mass is 10.1. The summed E-state index contributed by atoms with van der Waals surface area (Å²) in [6.45, 7) is 1.02. The van der Waals surface area contributed by atoms with Crippen LogP contribution in [0.15, 0.2) is 103 Å². The predicted molar refractivity (Wildman–Crippen MR) is 117 cm³/mol. The maximum Gasteiger partial charge on any atom is 0.162 e. The largest absolute Gasteiger partial charge is 0.348 e. The Morgan fingerprint density at radius 1 is 0.571 bits per heavy atom. The maximum atomic E-state index is 5.98. The molecule has 0 heterocycles. The molecule has 2 heteroatoms. The van der Waals surface area contributed by atoms with Crippen LogP contribution in [0.5, 0.6) is 0 Å². The van der Waals surface area contributed by atoms with Gasteiger partial charge in [0.1, 0.15) is 0 Å². The average molecular weight is 370 g/mol. The minimum absolute atomic E-state index is 0.289. The molecule has 3 aromatic carbocycles. The first kappa shape index (κ1) is 19.8. The maximum absolute atomic E-state index is 5.98. The fourth-order valence-electron chi connectivity index (χ4n) is 2.79. The molecule has 0 unspecified atom stereocenters. The van der Waals surface area contributed by atoms with E-state index in [9.17, 15) is 0 Å². The lowest BCUT2D eigenvalue weighted by Crippen LogP contribution is -2.20. The van der Waals surface area contributed by atoms with Gasteiger partial charge < -0.3 is 9.47 Å².